The molecule has 0 bridgehead atoms. The molecule has 3 rings (SSSR count). The Balaban J connectivity index is 1.82. The Bertz CT molecular complexity index is 1050. The van der Waals surface area contributed by atoms with Crippen molar-refractivity contribution >= 4 is 23.3 Å². The number of rotatable bonds is 10. The number of nitrogens with two attached hydrogens (primary N) is 2. The van der Waals surface area contributed by atoms with E-state index in [9.17, 15) is 0 Å². The molecule has 35 heavy (non-hydrogen) atoms. The zero-order valence-electron chi connectivity index (χ0n) is 21.4. The van der Waals surface area contributed by atoms with Crippen LogP contribution in [0.4, 0.5) is 0 Å². The molecular weight excluding hydrogens is 436 g/mol. The van der Waals surface area contributed by atoms with E-state index in [1.54, 1.807) is 0 Å². The van der Waals surface area contributed by atoms with Crippen LogP contribution in [0.1, 0.15) is 75.6 Å². The van der Waals surface area contributed by atoms with Gasteiger partial charge in [-0.15, -0.1) is 0 Å². The average molecular weight is 475 g/mol. The number of hydrogen-bond donors (Lipinski definition) is 4. The maximum atomic E-state index is 5.95. The lowest BCUT2D eigenvalue weighted by molar-refractivity contribution is 0.799. The summed E-state index contributed by atoms with van der Waals surface area (Å²) in [6.45, 7) is 9.64. The molecular formula is C27H38N8. The van der Waals surface area contributed by atoms with Crippen molar-refractivity contribution in [3.63, 3.8) is 0 Å². The Kier molecular flexibility index (Phi) is 9.40. The summed E-state index contributed by atoms with van der Waals surface area (Å²) in [6.07, 6.45) is 4.98. The summed E-state index contributed by atoms with van der Waals surface area (Å²) < 4.78 is 0. The second-order valence-electron chi connectivity index (χ2n) is 8.70. The largest absolute Gasteiger partial charge is 0.369 e. The molecule has 0 amide bonds. The van der Waals surface area contributed by atoms with Gasteiger partial charge in [-0.05, 0) is 55.4 Å². The second-order valence-corrected chi connectivity index (χ2v) is 8.70. The van der Waals surface area contributed by atoms with Gasteiger partial charge in [-0.1, -0.05) is 63.1 Å². The number of benzene rings is 2. The Morgan fingerprint density at radius 3 is 1.57 bits per heavy atom. The van der Waals surface area contributed by atoms with Gasteiger partial charge >= 0.3 is 0 Å². The highest BCUT2D eigenvalue weighted by Gasteiger charge is 2.24. The van der Waals surface area contributed by atoms with Crippen LogP contribution >= 0.6 is 0 Å². The Labute approximate surface area is 208 Å². The number of fused-ring (bicyclic) bond motifs is 3. The van der Waals surface area contributed by atoms with Gasteiger partial charge in [-0.25, -0.2) is 10.9 Å². The minimum Gasteiger partial charge on any atom is -0.369 e. The molecule has 2 aromatic rings. The summed E-state index contributed by atoms with van der Waals surface area (Å²) in [7, 11) is 0. The van der Waals surface area contributed by atoms with Crippen LogP contribution < -0.4 is 22.3 Å². The van der Waals surface area contributed by atoms with Gasteiger partial charge in [0.2, 0.25) is 11.9 Å². The van der Waals surface area contributed by atoms with Gasteiger partial charge in [0.1, 0.15) is 0 Å². The lowest BCUT2D eigenvalue weighted by Crippen LogP contribution is -2.28. The zero-order valence-corrected chi connectivity index (χ0v) is 21.4. The number of hydrazone groups is 2. The molecule has 2 aromatic carbocycles. The normalized spacial score (nSPS) is 14.1. The predicted octanol–water partition coefficient (Wildman–Crippen LogP) is 4.11. The van der Waals surface area contributed by atoms with Gasteiger partial charge in [0.25, 0.3) is 0 Å². The first-order valence-electron chi connectivity index (χ1n) is 12.4. The van der Waals surface area contributed by atoms with E-state index in [1.165, 1.54) is 22.3 Å². The molecule has 0 saturated heterocycles. The van der Waals surface area contributed by atoms with E-state index in [-0.39, 0.29) is 0 Å². The van der Waals surface area contributed by atoms with E-state index in [2.05, 4.69) is 81.3 Å². The zero-order chi connectivity index (χ0) is 25.2. The maximum absolute atomic E-state index is 5.95. The number of guanidine groups is 2. The number of nitrogens with one attached hydrogen (secondary N) is 2. The first-order valence-corrected chi connectivity index (χ1v) is 12.4. The van der Waals surface area contributed by atoms with Crippen LogP contribution in [0.25, 0.3) is 11.1 Å². The molecule has 0 unspecified atom stereocenters. The topological polar surface area (TPSA) is 126 Å². The van der Waals surface area contributed by atoms with Crippen molar-refractivity contribution < 1.29 is 0 Å². The van der Waals surface area contributed by atoms with Crippen LogP contribution in [-0.2, 0) is 6.42 Å². The van der Waals surface area contributed by atoms with Gasteiger partial charge in [0.05, 0.1) is 11.4 Å². The van der Waals surface area contributed by atoms with Gasteiger partial charge in [-0.2, -0.15) is 10.2 Å². The smallest absolute Gasteiger partial charge is 0.209 e. The molecule has 0 heterocycles. The molecule has 0 saturated carbocycles. The summed E-state index contributed by atoms with van der Waals surface area (Å²) in [6, 6.07) is 12.7. The van der Waals surface area contributed by atoms with Gasteiger partial charge in [0, 0.05) is 24.2 Å². The number of hydrogen-bond acceptors (Lipinski definition) is 4. The predicted molar refractivity (Wildman–Crippen MR) is 148 cm³/mol. The van der Waals surface area contributed by atoms with E-state index in [0.717, 1.165) is 54.7 Å². The maximum Gasteiger partial charge on any atom is 0.209 e. The molecule has 1 aliphatic rings. The standard InChI is InChI=1S/C27H38N8/c1-5-7-15-30-26(28)34-32-18(3)20-11-9-13-22-23-14-10-12-21(25(23)17-24(20)22)19(4)33-35-27(29)31-16-8-6-2/h9-14H,5-8,15-17H2,1-4H3,(H3,28,30,34)(H3,29,31,35). The fourth-order valence-corrected chi connectivity index (χ4v) is 4.10. The van der Waals surface area contributed by atoms with Crippen molar-refractivity contribution in [3.05, 3.63) is 58.7 Å². The van der Waals surface area contributed by atoms with Crippen molar-refractivity contribution in [2.24, 2.45) is 31.7 Å². The van der Waals surface area contributed by atoms with E-state index in [1.807, 2.05) is 13.8 Å². The molecule has 0 radical (unpaired) electrons. The summed E-state index contributed by atoms with van der Waals surface area (Å²) in [5.41, 5.74) is 26.6. The van der Waals surface area contributed by atoms with Crippen molar-refractivity contribution in [1.82, 2.24) is 10.9 Å². The molecule has 0 aliphatic heterocycles. The van der Waals surface area contributed by atoms with Crippen molar-refractivity contribution in [3.8, 4) is 11.1 Å². The molecule has 0 aromatic heterocycles. The molecule has 8 nitrogen and oxygen atoms in total. The van der Waals surface area contributed by atoms with E-state index < -0.39 is 0 Å². The van der Waals surface area contributed by atoms with Crippen LogP contribution in [0.2, 0.25) is 0 Å². The van der Waals surface area contributed by atoms with Crippen LogP contribution in [-0.4, -0.2) is 36.4 Å². The molecule has 6 N–H and O–H groups in total. The van der Waals surface area contributed by atoms with Crippen molar-refractivity contribution in [2.75, 3.05) is 13.1 Å². The quantitative estimate of drug-likeness (QED) is 0.153. The highest BCUT2D eigenvalue weighted by atomic mass is 15.4. The molecule has 8 heteroatoms. The number of nitrogens with zero attached hydrogens (tertiary/aromatic N) is 4. The summed E-state index contributed by atoms with van der Waals surface area (Å²) in [5, 5.41) is 9.00. The monoisotopic (exact) mass is 474 g/mol. The van der Waals surface area contributed by atoms with Gasteiger partial charge in [0.15, 0.2) is 0 Å². The molecule has 0 spiro atoms. The van der Waals surface area contributed by atoms with Crippen LogP contribution in [0.5, 0.6) is 0 Å². The summed E-state index contributed by atoms with van der Waals surface area (Å²) >= 11 is 0. The van der Waals surface area contributed by atoms with Crippen LogP contribution in [0.3, 0.4) is 0 Å². The summed E-state index contributed by atoms with van der Waals surface area (Å²) in [4.78, 5) is 8.61. The summed E-state index contributed by atoms with van der Waals surface area (Å²) in [5.74, 6) is 0.681. The van der Waals surface area contributed by atoms with E-state index in [0.29, 0.717) is 25.0 Å². The number of aliphatic imine (C=N–C) groups is 2. The molecule has 186 valence electrons. The molecule has 0 fully saturated rings. The lowest BCUT2D eigenvalue weighted by atomic mass is 9.99. The SMILES string of the molecule is CCCCN=C(N)NN=C(C)c1cccc2c1Cc1c(C(C)=NNC(N)=NCCCC)cccc1-2. The number of unbranched alkanes of at least 4 members (excludes halogenated alkanes) is 2. The third kappa shape index (κ3) is 6.68. The Hall–Kier alpha value is -3.68. The van der Waals surface area contributed by atoms with Crippen molar-refractivity contribution in [1.29, 1.82) is 0 Å². The Morgan fingerprint density at radius 2 is 1.17 bits per heavy atom. The fraction of sp³-hybridized carbons (Fsp3) is 0.407. The first-order chi connectivity index (χ1) is 17.0. The fourth-order valence-electron chi connectivity index (χ4n) is 4.10. The van der Waals surface area contributed by atoms with Gasteiger partial charge in [-0.3, -0.25) is 9.98 Å². The van der Waals surface area contributed by atoms with Crippen LogP contribution in [0, 0.1) is 0 Å². The average Bonchev–Trinajstić information content (AvgIpc) is 3.25. The van der Waals surface area contributed by atoms with E-state index >= 15 is 0 Å². The lowest BCUT2D eigenvalue weighted by Gasteiger charge is -2.09. The highest BCUT2D eigenvalue weighted by molar-refractivity contribution is 6.06. The minimum absolute atomic E-state index is 0.341. The van der Waals surface area contributed by atoms with Gasteiger partial charge < -0.3 is 11.5 Å². The second kappa shape index (κ2) is 12.7. The highest BCUT2D eigenvalue weighted by Crippen LogP contribution is 2.40. The van der Waals surface area contributed by atoms with E-state index in [4.69, 9.17) is 11.5 Å². The van der Waals surface area contributed by atoms with Crippen molar-refractivity contribution in [2.45, 2.75) is 59.8 Å². The minimum atomic E-state index is 0.341. The third-order valence-electron chi connectivity index (χ3n) is 6.04. The Morgan fingerprint density at radius 1 is 0.743 bits per heavy atom. The first kappa shape index (κ1) is 25.9. The molecule has 0 atom stereocenters. The third-order valence-corrected chi connectivity index (χ3v) is 6.04. The van der Waals surface area contributed by atoms with Crippen LogP contribution in [0.15, 0.2) is 56.6 Å². The molecule has 1 aliphatic carbocycles.